The lowest BCUT2D eigenvalue weighted by atomic mass is 9.93. The van der Waals surface area contributed by atoms with E-state index in [0.717, 1.165) is 5.56 Å². The number of halogens is 2. The number of rotatable bonds is 4. The second-order valence-corrected chi connectivity index (χ2v) is 5.99. The van der Waals surface area contributed by atoms with Gasteiger partial charge in [0.05, 0.1) is 6.04 Å². The highest BCUT2D eigenvalue weighted by atomic mass is 19.1. The lowest BCUT2D eigenvalue weighted by molar-refractivity contribution is 0.134. The molecule has 0 saturated carbocycles. The molecule has 2 aromatic rings. The lowest BCUT2D eigenvalue weighted by Crippen LogP contribution is -2.45. The molecule has 1 heterocycles. The molecule has 0 radical (unpaired) electrons. The smallest absolute Gasteiger partial charge is 0.410 e. The molecule has 3 rings (SSSR count). The minimum absolute atomic E-state index is 0.0568. The fourth-order valence-electron chi connectivity index (χ4n) is 3.20. The maximum Gasteiger partial charge on any atom is 0.415 e. The molecule has 1 amide bonds. The van der Waals surface area contributed by atoms with Crippen LogP contribution >= 0.6 is 0 Å². The molecule has 6 heteroatoms. The van der Waals surface area contributed by atoms with E-state index >= 15 is 0 Å². The van der Waals surface area contributed by atoms with E-state index in [2.05, 4.69) is 5.32 Å². The third-order valence-electron chi connectivity index (χ3n) is 4.47. The Bertz CT molecular complexity index is 719. The summed E-state index contributed by atoms with van der Waals surface area (Å²) in [6.07, 6.45) is -0.477. The molecule has 1 unspecified atom stereocenters. The number of likely N-dealkylation sites (N-methyl/N-ethyl adjacent to an activating group) is 1. The third kappa shape index (κ3) is 3.96. The van der Waals surface area contributed by atoms with E-state index < -0.39 is 6.09 Å². The van der Waals surface area contributed by atoms with Gasteiger partial charge in [-0.05, 0) is 48.9 Å². The summed E-state index contributed by atoms with van der Waals surface area (Å²) in [7, 11) is 0. The molecule has 0 spiro atoms. The summed E-state index contributed by atoms with van der Waals surface area (Å²) >= 11 is 0. The van der Waals surface area contributed by atoms with Crippen molar-refractivity contribution in [2.24, 2.45) is 0 Å². The zero-order valence-corrected chi connectivity index (χ0v) is 13.9. The first kappa shape index (κ1) is 17.4. The molecule has 0 bridgehead atoms. The number of nitrogens with one attached hydrogen (secondary N) is 1. The fourth-order valence-corrected chi connectivity index (χ4v) is 3.20. The van der Waals surface area contributed by atoms with Crippen LogP contribution in [0.25, 0.3) is 0 Å². The van der Waals surface area contributed by atoms with Gasteiger partial charge in [-0.15, -0.1) is 0 Å². The molecule has 1 aliphatic heterocycles. The van der Waals surface area contributed by atoms with Crippen LogP contribution in [0.15, 0.2) is 48.5 Å². The van der Waals surface area contributed by atoms with Crippen molar-refractivity contribution < 1.29 is 18.3 Å². The first-order valence-electron chi connectivity index (χ1n) is 8.28. The number of hydrogen-bond acceptors (Lipinski definition) is 3. The van der Waals surface area contributed by atoms with Gasteiger partial charge in [-0.3, -0.25) is 0 Å². The molecule has 1 saturated heterocycles. The Morgan fingerprint density at radius 3 is 2.28 bits per heavy atom. The Balaban J connectivity index is 1.75. The van der Waals surface area contributed by atoms with E-state index in [1.54, 1.807) is 17.0 Å². The summed E-state index contributed by atoms with van der Waals surface area (Å²) in [4.78, 5) is 14.2. The predicted octanol–water partition coefficient (Wildman–Crippen LogP) is 3.54. The van der Waals surface area contributed by atoms with Gasteiger partial charge >= 0.3 is 6.09 Å². The zero-order valence-electron chi connectivity index (χ0n) is 13.9. The molecule has 1 fully saturated rings. The van der Waals surface area contributed by atoms with Gasteiger partial charge in [0.2, 0.25) is 0 Å². The second kappa shape index (κ2) is 7.61. The third-order valence-corrected chi connectivity index (χ3v) is 4.47. The van der Waals surface area contributed by atoms with Gasteiger partial charge in [-0.2, -0.15) is 0 Å². The van der Waals surface area contributed by atoms with Gasteiger partial charge in [-0.1, -0.05) is 12.1 Å². The Labute approximate surface area is 145 Å². The van der Waals surface area contributed by atoms with Gasteiger partial charge in [0.1, 0.15) is 17.4 Å². The Kier molecular flexibility index (Phi) is 5.28. The number of nitrogens with zero attached hydrogens (tertiary/aromatic N) is 1. The van der Waals surface area contributed by atoms with Crippen LogP contribution in [0.3, 0.4) is 0 Å². The quantitative estimate of drug-likeness (QED) is 0.921. The number of hydrogen-bond donors (Lipinski definition) is 1. The van der Waals surface area contributed by atoms with Crippen LogP contribution in [0.2, 0.25) is 0 Å². The van der Waals surface area contributed by atoms with Gasteiger partial charge in [-0.25, -0.2) is 13.6 Å². The van der Waals surface area contributed by atoms with Gasteiger partial charge in [0.15, 0.2) is 0 Å². The van der Waals surface area contributed by atoms with Crippen LogP contribution in [-0.4, -0.2) is 36.7 Å². The number of carbonyl (C=O) groups is 1. The maximum atomic E-state index is 13.2. The SMILES string of the molecule is CCN(C(=O)Oc1ccc(F)cc1)C1CNC[C@H]1c1ccc(F)cc1. The summed E-state index contributed by atoms with van der Waals surface area (Å²) in [5.41, 5.74) is 0.976. The molecular formula is C19H20F2N2O2. The largest absolute Gasteiger partial charge is 0.415 e. The van der Waals surface area contributed by atoms with Crippen LogP contribution in [-0.2, 0) is 0 Å². The van der Waals surface area contributed by atoms with E-state index in [1.165, 1.54) is 36.4 Å². The topological polar surface area (TPSA) is 41.6 Å². The van der Waals surface area contributed by atoms with Crippen molar-refractivity contribution in [3.05, 3.63) is 65.7 Å². The number of amides is 1. The monoisotopic (exact) mass is 346 g/mol. The molecule has 1 aliphatic rings. The zero-order chi connectivity index (χ0) is 17.8. The van der Waals surface area contributed by atoms with Crippen molar-refractivity contribution in [1.29, 1.82) is 0 Å². The van der Waals surface area contributed by atoms with Crippen molar-refractivity contribution in [3.63, 3.8) is 0 Å². The summed E-state index contributed by atoms with van der Waals surface area (Å²) in [6.45, 7) is 3.70. The van der Waals surface area contributed by atoms with E-state index in [-0.39, 0.29) is 23.6 Å². The summed E-state index contributed by atoms with van der Waals surface area (Å²) in [5.74, 6) is -0.312. The highest BCUT2D eigenvalue weighted by Gasteiger charge is 2.35. The summed E-state index contributed by atoms with van der Waals surface area (Å²) < 4.78 is 31.5. The van der Waals surface area contributed by atoms with Crippen LogP contribution in [0.4, 0.5) is 13.6 Å². The van der Waals surface area contributed by atoms with Gasteiger partial charge in [0, 0.05) is 25.6 Å². The van der Waals surface area contributed by atoms with Crippen LogP contribution in [0.5, 0.6) is 5.75 Å². The highest BCUT2D eigenvalue weighted by molar-refractivity contribution is 5.71. The first-order valence-corrected chi connectivity index (χ1v) is 8.28. The van der Waals surface area contributed by atoms with Crippen molar-refractivity contribution in [2.75, 3.05) is 19.6 Å². The average Bonchev–Trinajstić information content (AvgIpc) is 3.08. The van der Waals surface area contributed by atoms with Crippen LogP contribution < -0.4 is 10.1 Å². The molecule has 1 N–H and O–H groups in total. The number of benzene rings is 2. The maximum absolute atomic E-state index is 13.2. The van der Waals surface area contributed by atoms with Crippen molar-refractivity contribution >= 4 is 6.09 Å². The number of carbonyl (C=O) groups excluding carboxylic acids is 1. The van der Waals surface area contributed by atoms with E-state index in [0.29, 0.717) is 25.4 Å². The fraction of sp³-hybridized carbons (Fsp3) is 0.316. The minimum atomic E-state index is -0.477. The molecule has 2 aromatic carbocycles. The van der Waals surface area contributed by atoms with Crippen LogP contribution in [0.1, 0.15) is 18.4 Å². The highest BCUT2D eigenvalue weighted by Crippen LogP contribution is 2.28. The average molecular weight is 346 g/mol. The molecule has 2 atom stereocenters. The standard InChI is InChI=1S/C19H20F2N2O2/c1-2-23(19(24)25-16-9-7-15(21)8-10-16)18-12-22-11-17(18)13-3-5-14(20)6-4-13/h3-10,17-18,22H,2,11-12H2,1H3/t17-,18?/m0/s1. The molecule has 0 aromatic heterocycles. The Hall–Kier alpha value is -2.47. The molecule has 25 heavy (non-hydrogen) atoms. The Morgan fingerprint density at radius 2 is 1.68 bits per heavy atom. The van der Waals surface area contributed by atoms with Crippen molar-refractivity contribution in [2.45, 2.75) is 18.9 Å². The molecule has 0 aliphatic carbocycles. The normalized spacial score (nSPS) is 19.6. The molecule has 4 nitrogen and oxygen atoms in total. The number of ether oxygens (including phenoxy) is 1. The van der Waals surface area contributed by atoms with Crippen LogP contribution in [0, 0.1) is 11.6 Å². The van der Waals surface area contributed by atoms with E-state index in [9.17, 15) is 13.6 Å². The summed E-state index contributed by atoms with van der Waals surface area (Å²) in [5, 5.41) is 3.28. The minimum Gasteiger partial charge on any atom is -0.410 e. The van der Waals surface area contributed by atoms with Crippen molar-refractivity contribution in [3.8, 4) is 5.75 Å². The molecule has 132 valence electrons. The van der Waals surface area contributed by atoms with Gasteiger partial charge in [0.25, 0.3) is 0 Å². The lowest BCUT2D eigenvalue weighted by Gasteiger charge is -2.31. The summed E-state index contributed by atoms with van der Waals surface area (Å²) in [6, 6.07) is 11.6. The first-order chi connectivity index (χ1) is 12.1. The van der Waals surface area contributed by atoms with Gasteiger partial charge < -0.3 is 15.0 Å². The van der Waals surface area contributed by atoms with E-state index in [1.807, 2.05) is 6.92 Å². The second-order valence-electron chi connectivity index (χ2n) is 5.99. The predicted molar refractivity (Wildman–Crippen MR) is 90.6 cm³/mol. The van der Waals surface area contributed by atoms with Crippen molar-refractivity contribution in [1.82, 2.24) is 10.2 Å². The van der Waals surface area contributed by atoms with E-state index in [4.69, 9.17) is 4.74 Å². The molecular weight excluding hydrogens is 326 g/mol. The Morgan fingerprint density at radius 1 is 1.08 bits per heavy atom.